The van der Waals surface area contributed by atoms with Gasteiger partial charge in [0.05, 0.1) is 12.5 Å². The molecule has 2 rings (SSSR count). The third kappa shape index (κ3) is 5.06. The molecule has 1 heterocycles. The van der Waals surface area contributed by atoms with Gasteiger partial charge in [-0.3, -0.25) is 9.59 Å². The molecule has 0 saturated carbocycles. The smallest absolute Gasteiger partial charge is 0.236 e. The molecular weight excluding hydrogens is 297 g/mol. The summed E-state index contributed by atoms with van der Waals surface area (Å²) in [6.07, 6.45) is 1.56. The largest absolute Gasteiger partial charge is 0.356 e. The van der Waals surface area contributed by atoms with E-state index in [1.54, 1.807) is 23.1 Å². The fourth-order valence-corrected chi connectivity index (χ4v) is 2.70. The first-order valence-corrected chi connectivity index (χ1v) is 7.75. The number of hydrogen-bond donors (Lipinski definition) is 1. The summed E-state index contributed by atoms with van der Waals surface area (Å²) in [5, 5.41) is 11.4. The first-order valence-electron chi connectivity index (χ1n) is 7.75. The molecule has 23 heavy (non-hydrogen) atoms. The third-order valence-electron chi connectivity index (χ3n) is 4.09. The van der Waals surface area contributed by atoms with E-state index in [1.807, 2.05) is 6.07 Å². The maximum absolute atomic E-state index is 13.5. The van der Waals surface area contributed by atoms with Crippen LogP contribution in [0.5, 0.6) is 0 Å². The van der Waals surface area contributed by atoms with Gasteiger partial charge in [-0.15, -0.1) is 0 Å². The van der Waals surface area contributed by atoms with Crippen LogP contribution in [0, 0.1) is 23.1 Å². The van der Waals surface area contributed by atoms with Gasteiger partial charge in [0, 0.05) is 19.6 Å². The van der Waals surface area contributed by atoms with Crippen molar-refractivity contribution >= 4 is 11.8 Å². The van der Waals surface area contributed by atoms with Crippen molar-refractivity contribution in [1.82, 2.24) is 10.2 Å². The summed E-state index contributed by atoms with van der Waals surface area (Å²) in [6, 6.07) is 8.12. The second-order valence-electron chi connectivity index (χ2n) is 5.73. The van der Waals surface area contributed by atoms with Gasteiger partial charge in [-0.2, -0.15) is 5.26 Å². The van der Waals surface area contributed by atoms with E-state index >= 15 is 0 Å². The van der Waals surface area contributed by atoms with Crippen molar-refractivity contribution in [2.45, 2.75) is 25.7 Å². The van der Waals surface area contributed by atoms with Gasteiger partial charge in [0.25, 0.3) is 0 Å². The highest BCUT2D eigenvalue weighted by Gasteiger charge is 2.22. The van der Waals surface area contributed by atoms with Crippen molar-refractivity contribution in [3.8, 4) is 6.07 Å². The number of rotatable bonds is 5. The lowest BCUT2D eigenvalue weighted by atomic mass is 9.96. The molecule has 0 aliphatic carbocycles. The van der Waals surface area contributed by atoms with Gasteiger partial charge in [-0.05, 0) is 30.4 Å². The molecule has 122 valence electrons. The highest BCUT2D eigenvalue weighted by molar-refractivity contribution is 5.79. The number of hydrogen-bond acceptors (Lipinski definition) is 3. The van der Waals surface area contributed by atoms with Gasteiger partial charge in [0.1, 0.15) is 12.2 Å². The van der Waals surface area contributed by atoms with Crippen LogP contribution in [0.15, 0.2) is 24.3 Å². The number of nitrogens with zero attached hydrogens (tertiary/aromatic N) is 2. The molecule has 1 aromatic carbocycles. The Morgan fingerprint density at radius 3 is 2.65 bits per heavy atom. The minimum Gasteiger partial charge on any atom is -0.356 e. The van der Waals surface area contributed by atoms with Crippen molar-refractivity contribution in [3.63, 3.8) is 0 Å². The standard InChI is InChI=1S/C17H20FN3O2/c18-15-4-2-1-3-14(15)11-16(22)20-12-13-6-9-21(10-7-13)17(23)5-8-19/h1-4,13H,5-7,9-12H2,(H,20,22). The Bertz CT molecular complexity index is 604. The first kappa shape index (κ1) is 16.9. The quantitative estimate of drug-likeness (QED) is 0.897. The highest BCUT2D eigenvalue weighted by atomic mass is 19.1. The van der Waals surface area contributed by atoms with Crippen LogP contribution in [-0.2, 0) is 16.0 Å². The number of nitriles is 1. The number of benzene rings is 1. The van der Waals surface area contributed by atoms with Gasteiger partial charge in [-0.1, -0.05) is 18.2 Å². The Morgan fingerprint density at radius 1 is 1.30 bits per heavy atom. The zero-order valence-electron chi connectivity index (χ0n) is 12.9. The molecule has 2 amide bonds. The fraction of sp³-hybridized carbons (Fsp3) is 0.471. The minimum absolute atomic E-state index is 0.0339. The summed E-state index contributed by atoms with van der Waals surface area (Å²) in [6.45, 7) is 1.77. The zero-order chi connectivity index (χ0) is 16.7. The van der Waals surface area contributed by atoms with Gasteiger partial charge < -0.3 is 10.2 Å². The van der Waals surface area contributed by atoms with Crippen LogP contribution in [0.3, 0.4) is 0 Å². The van der Waals surface area contributed by atoms with Crippen molar-refractivity contribution < 1.29 is 14.0 Å². The maximum atomic E-state index is 13.5. The van der Waals surface area contributed by atoms with Crippen LogP contribution >= 0.6 is 0 Å². The van der Waals surface area contributed by atoms with Gasteiger partial charge in [-0.25, -0.2) is 4.39 Å². The predicted molar refractivity (Wildman–Crippen MR) is 82.6 cm³/mol. The van der Waals surface area contributed by atoms with Gasteiger partial charge in [0.15, 0.2) is 0 Å². The number of piperidine rings is 1. The van der Waals surface area contributed by atoms with E-state index in [4.69, 9.17) is 5.26 Å². The van der Waals surface area contributed by atoms with E-state index in [1.165, 1.54) is 6.07 Å². The van der Waals surface area contributed by atoms with E-state index in [0.29, 0.717) is 31.1 Å². The average Bonchev–Trinajstić information content (AvgIpc) is 2.56. The Hall–Kier alpha value is -2.42. The first-order chi connectivity index (χ1) is 11.1. The summed E-state index contributed by atoms with van der Waals surface area (Å²) >= 11 is 0. The number of halogens is 1. The monoisotopic (exact) mass is 317 g/mol. The van der Waals surface area contributed by atoms with E-state index in [-0.39, 0.29) is 30.5 Å². The lowest BCUT2D eigenvalue weighted by molar-refractivity contribution is -0.131. The molecule has 0 aromatic heterocycles. The second-order valence-corrected chi connectivity index (χ2v) is 5.73. The van der Waals surface area contributed by atoms with Crippen molar-refractivity contribution in [3.05, 3.63) is 35.6 Å². The molecule has 1 fully saturated rings. The molecule has 1 aliphatic heterocycles. The zero-order valence-corrected chi connectivity index (χ0v) is 12.9. The van der Waals surface area contributed by atoms with Crippen molar-refractivity contribution in [2.75, 3.05) is 19.6 Å². The molecule has 0 spiro atoms. The van der Waals surface area contributed by atoms with E-state index in [2.05, 4.69) is 5.32 Å². The molecule has 1 aliphatic rings. The Labute approximate surface area is 135 Å². The van der Waals surface area contributed by atoms with E-state index in [0.717, 1.165) is 12.8 Å². The minimum atomic E-state index is -0.369. The molecule has 5 nitrogen and oxygen atoms in total. The topological polar surface area (TPSA) is 73.2 Å². The SMILES string of the molecule is N#CCC(=O)N1CCC(CNC(=O)Cc2ccccc2F)CC1. The predicted octanol–water partition coefficient (Wildman–Crippen LogP) is 1.64. The summed E-state index contributed by atoms with van der Waals surface area (Å²) in [5.41, 5.74) is 0.391. The van der Waals surface area contributed by atoms with Crippen molar-refractivity contribution in [2.24, 2.45) is 5.92 Å². The summed E-state index contributed by atoms with van der Waals surface area (Å²) in [7, 11) is 0. The molecule has 0 bridgehead atoms. The lowest BCUT2D eigenvalue weighted by Gasteiger charge is -2.31. The summed E-state index contributed by atoms with van der Waals surface area (Å²) in [4.78, 5) is 25.2. The Balaban J connectivity index is 1.71. The highest BCUT2D eigenvalue weighted by Crippen LogP contribution is 2.17. The van der Waals surface area contributed by atoms with Crippen LogP contribution in [0.2, 0.25) is 0 Å². The number of likely N-dealkylation sites (tertiary alicyclic amines) is 1. The molecular formula is C17H20FN3O2. The molecule has 0 radical (unpaired) electrons. The molecule has 1 aromatic rings. The number of amides is 2. The Morgan fingerprint density at radius 2 is 2.00 bits per heavy atom. The molecule has 0 unspecified atom stereocenters. The van der Waals surface area contributed by atoms with Crippen LogP contribution in [-0.4, -0.2) is 36.3 Å². The number of nitrogens with one attached hydrogen (secondary N) is 1. The van der Waals surface area contributed by atoms with Crippen LogP contribution < -0.4 is 5.32 Å². The van der Waals surface area contributed by atoms with E-state index < -0.39 is 0 Å². The number of carbonyl (C=O) groups is 2. The fourth-order valence-electron chi connectivity index (χ4n) is 2.70. The molecule has 6 heteroatoms. The van der Waals surface area contributed by atoms with Gasteiger partial charge in [0.2, 0.25) is 11.8 Å². The van der Waals surface area contributed by atoms with Crippen molar-refractivity contribution in [1.29, 1.82) is 5.26 Å². The molecule has 1 saturated heterocycles. The Kier molecular flexibility index (Phi) is 6.10. The maximum Gasteiger partial charge on any atom is 0.236 e. The second kappa shape index (κ2) is 8.28. The summed E-state index contributed by atoms with van der Waals surface area (Å²) < 4.78 is 13.5. The van der Waals surface area contributed by atoms with Gasteiger partial charge >= 0.3 is 0 Å². The van der Waals surface area contributed by atoms with Crippen LogP contribution in [0.1, 0.15) is 24.8 Å². The average molecular weight is 317 g/mol. The third-order valence-corrected chi connectivity index (χ3v) is 4.09. The van der Waals surface area contributed by atoms with Crippen LogP contribution in [0.25, 0.3) is 0 Å². The lowest BCUT2D eigenvalue weighted by Crippen LogP contribution is -2.41. The van der Waals surface area contributed by atoms with E-state index in [9.17, 15) is 14.0 Å². The normalized spacial score (nSPS) is 15.0. The molecule has 0 atom stereocenters. The molecule has 1 N–H and O–H groups in total. The summed E-state index contributed by atoms with van der Waals surface area (Å²) in [5.74, 6) is -0.384. The number of carbonyl (C=O) groups excluding carboxylic acids is 2. The van der Waals surface area contributed by atoms with Crippen LogP contribution in [0.4, 0.5) is 4.39 Å².